The number of hydrogen-bond donors (Lipinski definition) is 1. The van der Waals surface area contributed by atoms with Gasteiger partial charge in [0.05, 0.1) is 6.61 Å². The van der Waals surface area contributed by atoms with Crippen LogP contribution in [0.1, 0.15) is 11.7 Å². The number of nitrogens with zero attached hydrogens (tertiary/aromatic N) is 1. The molecule has 3 aromatic rings. The lowest BCUT2D eigenvalue weighted by Crippen LogP contribution is -2.43. The first-order chi connectivity index (χ1) is 13.3. The van der Waals surface area contributed by atoms with E-state index in [1.807, 2.05) is 42.5 Å². The Morgan fingerprint density at radius 3 is 2.59 bits per heavy atom. The number of aromatic nitrogens is 1. The van der Waals surface area contributed by atoms with Crippen molar-refractivity contribution in [3.05, 3.63) is 84.3 Å². The summed E-state index contributed by atoms with van der Waals surface area (Å²) in [5.74, 6) is 0.369. The highest BCUT2D eigenvalue weighted by Crippen LogP contribution is 2.33. The van der Waals surface area contributed by atoms with E-state index in [2.05, 4.69) is 10.3 Å². The summed E-state index contributed by atoms with van der Waals surface area (Å²) in [5, 5.41) is 3.36. The molecule has 4 rings (SSSR count). The molecule has 1 aromatic heterocycles. The Labute approximate surface area is 158 Å². The highest BCUT2D eigenvalue weighted by atomic mass is 19.1. The summed E-state index contributed by atoms with van der Waals surface area (Å²) in [4.78, 5) is 4.47. The fourth-order valence-electron chi connectivity index (χ4n) is 3.23. The van der Waals surface area contributed by atoms with Crippen LogP contribution in [0.25, 0.3) is 11.3 Å². The fraction of sp³-hybridized carbons (Fsp3) is 0.227. The standard InChI is InChI=1S/C22H21FN2O2/c23-18-10-8-16(9-11-18)21-19(7-4-12-25-21)27-22(17-5-2-1-3-6-17)20-15-24-13-14-26-20/h1-12,20,22,24H,13-15H2/t20-,22-/m0/s1. The lowest BCUT2D eigenvalue weighted by Gasteiger charge is -2.32. The predicted octanol–water partition coefficient (Wildman–Crippen LogP) is 4.00. The maximum atomic E-state index is 13.3. The number of nitrogens with one attached hydrogen (secondary N) is 1. The first-order valence-corrected chi connectivity index (χ1v) is 9.06. The molecule has 4 nitrogen and oxygen atoms in total. The third-order valence-corrected chi connectivity index (χ3v) is 4.56. The van der Waals surface area contributed by atoms with Crippen molar-refractivity contribution >= 4 is 0 Å². The largest absolute Gasteiger partial charge is 0.481 e. The van der Waals surface area contributed by atoms with Crippen molar-refractivity contribution < 1.29 is 13.9 Å². The summed E-state index contributed by atoms with van der Waals surface area (Å²) in [5.41, 5.74) is 2.53. The first-order valence-electron chi connectivity index (χ1n) is 9.06. The summed E-state index contributed by atoms with van der Waals surface area (Å²) < 4.78 is 25.7. The van der Waals surface area contributed by atoms with Crippen LogP contribution in [0.15, 0.2) is 72.9 Å². The van der Waals surface area contributed by atoms with Crippen LogP contribution < -0.4 is 10.1 Å². The minimum absolute atomic E-state index is 0.109. The van der Waals surface area contributed by atoms with Crippen molar-refractivity contribution in [1.82, 2.24) is 10.3 Å². The third kappa shape index (κ3) is 4.15. The van der Waals surface area contributed by atoms with Gasteiger partial charge in [-0.2, -0.15) is 0 Å². The van der Waals surface area contributed by atoms with Crippen molar-refractivity contribution in [2.24, 2.45) is 0 Å². The quantitative estimate of drug-likeness (QED) is 0.743. The minimum atomic E-state index is -0.277. The Morgan fingerprint density at radius 1 is 1.04 bits per heavy atom. The van der Waals surface area contributed by atoms with Gasteiger partial charge in [-0.25, -0.2) is 4.39 Å². The van der Waals surface area contributed by atoms with Crippen molar-refractivity contribution in [3.63, 3.8) is 0 Å². The number of morpholine rings is 1. The number of benzene rings is 2. The van der Waals surface area contributed by atoms with Crippen LogP contribution in [-0.4, -0.2) is 30.8 Å². The Morgan fingerprint density at radius 2 is 1.85 bits per heavy atom. The number of pyridine rings is 1. The summed E-state index contributed by atoms with van der Waals surface area (Å²) in [6, 6.07) is 20.0. The van der Waals surface area contributed by atoms with Crippen LogP contribution >= 0.6 is 0 Å². The molecule has 1 fully saturated rings. The first kappa shape index (κ1) is 17.6. The van der Waals surface area contributed by atoms with Gasteiger partial charge in [-0.3, -0.25) is 4.98 Å². The smallest absolute Gasteiger partial charge is 0.151 e. The molecule has 27 heavy (non-hydrogen) atoms. The number of hydrogen-bond acceptors (Lipinski definition) is 4. The second-order valence-corrected chi connectivity index (χ2v) is 6.42. The van der Waals surface area contributed by atoms with Crippen LogP contribution in [0, 0.1) is 5.82 Å². The molecule has 1 aliphatic heterocycles. The highest BCUT2D eigenvalue weighted by molar-refractivity contribution is 5.66. The molecule has 0 amide bonds. The lowest BCUT2D eigenvalue weighted by molar-refractivity contribution is -0.0431. The Bertz CT molecular complexity index is 865. The second-order valence-electron chi connectivity index (χ2n) is 6.42. The van der Waals surface area contributed by atoms with Crippen molar-refractivity contribution in [2.45, 2.75) is 12.2 Å². The van der Waals surface area contributed by atoms with Gasteiger partial charge in [0.1, 0.15) is 23.4 Å². The van der Waals surface area contributed by atoms with Crippen LogP contribution in [0.3, 0.4) is 0 Å². The van der Waals surface area contributed by atoms with Gasteiger partial charge in [0.25, 0.3) is 0 Å². The Balaban J connectivity index is 1.68. The van der Waals surface area contributed by atoms with Gasteiger partial charge < -0.3 is 14.8 Å². The van der Waals surface area contributed by atoms with Crippen LogP contribution in [0.2, 0.25) is 0 Å². The van der Waals surface area contributed by atoms with Gasteiger partial charge in [0.2, 0.25) is 0 Å². The molecule has 5 heteroatoms. The van der Waals surface area contributed by atoms with E-state index >= 15 is 0 Å². The second kappa shape index (κ2) is 8.29. The molecular formula is C22H21FN2O2. The summed E-state index contributed by atoms with van der Waals surface area (Å²) in [6.07, 6.45) is 1.33. The molecule has 2 heterocycles. The van der Waals surface area contributed by atoms with Crippen molar-refractivity contribution in [2.75, 3.05) is 19.7 Å². The monoisotopic (exact) mass is 364 g/mol. The molecule has 0 spiro atoms. The van der Waals surface area contributed by atoms with Crippen molar-refractivity contribution in [1.29, 1.82) is 0 Å². The van der Waals surface area contributed by atoms with Crippen LogP contribution in [0.4, 0.5) is 4.39 Å². The number of halogens is 1. The average Bonchev–Trinajstić information content (AvgIpc) is 2.74. The maximum absolute atomic E-state index is 13.3. The molecule has 1 aliphatic rings. The average molecular weight is 364 g/mol. The topological polar surface area (TPSA) is 43.4 Å². The number of ether oxygens (including phenoxy) is 2. The Hall–Kier alpha value is -2.76. The molecule has 0 radical (unpaired) electrons. The van der Waals surface area contributed by atoms with Gasteiger partial charge >= 0.3 is 0 Å². The summed E-state index contributed by atoms with van der Waals surface area (Å²) in [6.45, 7) is 2.20. The number of rotatable bonds is 5. The lowest BCUT2D eigenvalue weighted by atomic mass is 10.0. The van der Waals surface area contributed by atoms with E-state index in [9.17, 15) is 4.39 Å². The molecule has 138 valence electrons. The van der Waals surface area contributed by atoms with Gasteiger partial charge in [-0.15, -0.1) is 0 Å². The van der Waals surface area contributed by atoms with Gasteiger partial charge in [0, 0.05) is 24.8 Å². The van der Waals surface area contributed by atoms with Crippen LogP contribution in [0.5, 0.6) is 5.75 Å². The zero-order valence-corrected chi connectivity index (χ0v) is 14.8. The minimum Gasteiger partial charge on any atom is -0.481 e. The van der Waals surface area contributed by atoms with E-state index in [1.165, 1.54) is 12.1 Å². The molecule has 0 aliphatic carbocycles. The van der Waals surface area contributed by atoms with Gasteiger partial charge in [-0.1, -0.05) is 30.3 Å². The van der Waals surface area contributed by atoms with E-state index in [0.29, 0.717) is 24.6 Å². The van der Waals surface area contributed by atoms with Crippen LogP contribution in [-0.2, 0) is 4.74 Å². The third-order valence-electron chi connectivity index (χ3n) is 4.56. The molecule has 2 atom stereocenters. The molecule has 1 saturated heterocycles. The Kier molecular flexibility index (Phi) is 5.42. The molecule has 2 aromatic carbocycles. The van der Waals surface area contributed by atoms with E-state index in [0.717, 1.165) is 17.7 Å². The van der Waals surface area contributed by atoms with Gasteiger partial charge in [0.15, 0.2) is 6.10 Å². The molecule has 0 saturated carbocycles. The maximum Gasteiger partial charge on any atom is 0.151 e. The predicted molar refractivity (Wildman–Crippen MR) is 102 cm³/mol. The van der Waals surface area contributed by atoms with E-state index in [-0.39, 0.29) is 18.0 Å². The van der Waals surface area contributed by atoms with Gasteiger partial charge in [-0.05, 0) is 42.0 Å². The SMILES string of the molecule is Fc1ccc(-c2ncccc2O[C@@H](c2ccccc2)[C@@H]2CNCCO2)cc1. The molecule has 1 N–H and O–H groups in total. The zero-order chi connectivity index (χ0) is 18.5. The molecular weight excluding hydrogens is 343 g/mol. The fourth-order valence-corrected chi connectivity index (χ4v) is 3.23. The van der Waals surface area contributed by atoms with E-state index in [1.54, 1.807) is 18.3 Å². The van der Waals surface area contributed by atoms with Crippen molar-refractivity contribution in [3.8, 4) is 17.0 Å². The summed E-state index contributed by atoms with van der Waals surface area (Å²) in [7, 11) is 0. The highest BCUT2D eigenvalue weighted by Gasteiger charge is 2.28. The summed E-state index contributed by atoms with van der Waals surface area (Å²) >= 11 is 0. The van der Waals surface area contributed by atoms with E-state index in [4.69, 9.17) is 9.47 Å². The zero-order valence-electron chi connectivity index (χ0n) is 14.8. The normalized spacial score (nSPS) is 18.0. The molecule has 0 unspecified atom stereocenters. The molecule has 0 bridgehead atoms. The van der Waals surface area contributed by atoms with E-state index < -0.39 is 0 Å².